The van der Waals surface area contributed by atoms with Crippen LogP contribution in [0.1, 0.15) is 53.4 Å². The maximum absolute atomic E-state index is 13.6. The Morgan fingerprint density at radius 1 is 1.22 bits per heavy atom. The second kappa shape index (κ2) is 10.9. The predicted molar refractivity (Wildman–Crippen MR) is 125 cm³/mol. The number of carbonyl (C=O) groups is 1. The molecule has 10 heteroatoms. The summed E-state index contributed by atoms with van der Waals surface area (Å²) < 4.78 is 55.8. The molecule has 8 nitrogen and oxygen atoms in total. The third-order valence-corrected chi connectivity index (χ3v) is 8.32. The van der Waals surface area contributed by atoms with Crippen molar-refractivity contribution in [3.05, 3.63) is 41.3 Å². The van der Waals surface area contributed by atoms with Crippen molar-refractivity contribution in [3.63, 3.8) is 0 Å². The van der Waals surface area contributed by atoms with Crippen LogP contribution >= 0.6 is 0 Å². The van der Waals surface area contributed by atoms with Crippen LogP contribution in [0.3, 0.4) is 0 Å². The molecule has 0 radical (unpaired) electrons. The highest BCUT2D eigenvalue weighted by molar-refractivity contribution is 7.96. The summed E-state index contributed by atoms with van der Waals surface area (Å²) in [6.45, 7) is 6.58. The predicted octanol–water partition coefficient (Wildman–Crippen LogP) is 3.80. The molecular weight excluding hydrogens is 452 g/mol. The lowest BCUT2D eigenvalue weighted by Gasteiger charge is -2.32. The van der Waals surface area contributed by atoms with Crippen LogP contribution in [0.5, 0.6) is 0 Å². The molecule has 1 aliphatic carbocycles. The molecule has 0 saturated heterocycles. The number of ether oxygens (including phenoxy) is 1. The average molecular weight is 487 g/mol. The van der Waals surface area contributed by atoms with Crippen molar-refractivity contribution in [1.82, 2.24) is 4.72 Å². The Hall–Kier alpha value is -1.75. The maximum atomic E-state index is 13.6. The summed E-state index contributed by atoms with van der Waals surface area (Å²) >= 11 is 0. The Morgan fingerprint density at radius 2 is 1.88 bits per heavy atom. The Labute approximate surface area is 192 Å². The summed E-state index contributed by atoms with van der Waals surface area (Å²) in [7, 11) is -5.64. The van der Waals surface area contributed by atoms with Crippen LogP contribution < -0.4 is 4.72 Å². The zero-order chi connectivity index (χ0) is 24.0. The third-order valence-electron chi connectivity index (χ3n) is 4.94. The maximum Gasteiger partial charge on any atom is 0.337 e. The van der Waals surface area contributed by atoms with Gasteiger partial charge in [0.15, 0.2) is 0 Å². The van der Waals surface area contributed by atoms with Gasteiger partial charge in [-0.3, -0.25) is 8.98 Å². The molecule has 2 rings (SSSR count). The van der Waals surface area contributed by atoms with Crippen LogP contribution in [0.4, 0.5) is 0 Å². The zero-order valence-corrected chi connectivity index (χ0v) is 21.0. The van der Waals surface area contributed by atoms with Crippen molar-refractivity contribution < 1.29 is 26.3 Å². The molecule has 1 N–H and O–H groups in total. The van der Waals surface area contributed by atoms with E-state index in [1.54, 1.807) is 57.4 Å². The number of nitrogens with zero attached hydrogens (tertiary/aromatic N) is 1. The Morgan fingerprint density at radius 3 is 2.44 bits per heavy atom. The van der Waals surface area contributed by atoms with Crippen molar-refractivity contribution in [2.45, 2.75) is 69.9 Å². The largest absolute Gasteiger partial charge is 0.465 e. The van der Waals surface area contributed by atoms with E-state index < -0.39 is 43.6 Å². The fourth-order valence-electron chi connectivity index (χ4n) is 3.67. The van der Waals surface area contributed by atoms with Crippen LogP contribution in [0.25, 0.3) is 0 Å². The minimum atomic E-state index is -4.25. The summed E-state index contributed by atoms with van der Waals surface area (Å²) in [6.07, 6.45) is 2.77. The molecular formula is C22H34N2O6S2. The van der Waals surface area contributed by atoms with Crippen molar-refractivity contribution in [3.8, 4) is 0 Å². The molecule has 0 spiro atoms. The van der Waals surface area contributed by atoms with E-state index >= 15 is 0 Å². The topological polar surface area (TPSA) is 111 Å². The first-order valence-electron chi connectivity index (χ1n) is 10.7. The summed E-state index contributed by atoms with van der Waals surface area (Å²) in [5, 5.41) is 1.61. The van der Waals surface area contributed by atoms with Gasteiger partial charge in [0.1, 0.15) is 6.04 Å². The Kier molecular flexibility index (Phi) is 9.04. The molecule has 1 aromatic rings. The lowest BCUT2D eigenvalue weighted by atomic mass is 9.80. The van der Waals surface area contributed by atoms with Crippen molar-refractivity contribution >= 4 is 26.0 Å². The zero-order valence-electron chi connectivity index (χ0n) is 19.4. The first-order chi connectivity index (χ1) is 14.9. The van der Waals surface area contributed by atoms with Gasteiger partial charge < -0.3 is 4.74 Å². The van der Waals surface area contributed by atoms with Gasteiger partial charge >= 0.3 is 16.3 Å². The Balaban J connectivity index is 2.49. The van der Waals surface area contributed by atoms with Crippen LogP contribution in [-0.4, -0.2) is 43.9 Å². The summed E-state index contributed by atoms with van der Waals surface area (Å²) in [5.74, 6) is -1.21. The number of hydrogen-bond donors (Lipinski definition) is 1. The smallest absolute Gasteiger partial charge is 0.337 e. The molecule has 1 saturated carbocycles. The molecule has 0 aromatic heterocycles. The van der Waals surface area contributed by atoms with Gasteiger partial charge in [0, 0.05) is 18.4 Å². The average Bonchev–Trinajstić information content (AvgIpc) is 2.71. The number of esters is 1. The van der Waals surface area contributed by atoms with Gasteiger partial charge in [-0.2, -0.15) is 13.1 Å². The molecule has 0 amide bonds. The number of rotatable bonds is 8. The minimum Gasteiger partial charge on any atom is -0.465 e. The van der Waals surface area contributed by atoms with Crippen molar-refractivity contribution in [2.24, 2.45) is 10.3 Å². The van der Waals surface area contributed by atoms with Crippen LogP contribution in [0.2, 0.25) is 0 Å². The Bertz CT molecular complexity index is 1040. The molecule has 0 heterocycles. The normalized spacial score (nSPS) is 21.5. The standard InChI is InChI=1S/C22H34N2O6S2/c1-6-29-21(25)20(24-32(27,28)30-22(2,3)4)19-15-11-10-12-17(19)16-31(26,23-5)18-13-8-7-9-14-18/h7-9,13-14,16,19-20,24H,6,10-12,15H2,1-5H3/b17-16+/t19-,20+,31?/m0/s1. The lowest BCUT2D eigenvalue weighted by molar-refractivity contribution is -0.146. The number of carbonyl (C=O) groups excluding carboxylic acids is 1. The molecule has 1 aromatic carbocycles. The van der Waals surface area contributed by atoms with E-state index in [1.165, 1.54) is 7.05 Å². The van der Waals surface area contributed by atoms with Gasteiger partial charge in [0.25, 0.3) is 0 Å². The van der Waals surface area contributed by atoms with Crippen molar-refractivity contribution in [2.75, 3.05) is 13.7 Å². The fraction of sp³-hybridized carbons (Fsp3) is 0.591. The fourth-order valence-corrected chi connectivity index (χ4v) is 6.65. The molecule has 180 valence electrons. The highest BCUT2D eigenvalue weighted by Crippen LogP contribution is 2.35. The second-order valence-corrected chi connectivity index (χ2v) is 12.1. The third kappa shape index (κ3) is 7.40. The van der Waals surface area contributed by atoms with E-state index in [2.05, 4.69) is 9.08 Å². The molecule has 1 fully saturated rings. The molecule has 0 aliphatic heterocycles. The first kappa shape index (κ1) is 26.5. The van der Waals surface area contributed by atoms with E-state index in [9.17, 15) is 17.4 Å². The molecule has 3 atom stereocenters. The van der Waals surface area contributed by atoms with Crippen LogP contribution in [0.15, 0.2) is 50.6 Å². The molecule has 1 aliphatic rings. The number of benzene rings is 1. The van der Waals surface area contributed by atoms with E-state index in [-0.39, 0.29) is 6.61 Å². The van der Waals surface area contributed by atoms with Gasteiger partial charge in [-0.05, 0) is 59.1 Å². The van der Waals surface area contributed by atoms with Crippen LogP contribution in [-0.2, 0) is 33.7 Å². The van der Waals surface area contributed by atoms with Crippen LogP contribution in [0, 0.1) is 5.92 Å². The quantitative estimate of drug-likeness (QED) is 0.560. The summed E-state index contributed by atoms with van der Waals surface area (Å²) in [6, 6.07) is 7.70. The minimum absolute atomic E-state index is 0.105. The lowest BCUT2D eigenvalue weighted by Crippen LogP contribution is -2.49. The van der Waals surface area contributed by atoms with E-state index in [1.807, 2.05) is 6.07 Å². The second-order valence-electron chi connectivity index (χ2n) is 8.61. The van der Waals surface area contributed by atoms with Crippen molar-refractivity contribution in [1.29, 1.82) is 0 Å². The van der Waals surface area contributed by atoms with Gasteiger partial charge in [-0.1, -0.05) is 30.2 Å². The SMILES string of the molecule is CCOC(=O)[C@H](NS(=O)(=O)OC(C)(C)C)[C@H]1CCCC/C1=C\S(=O)(=NC)c1ccccc1. The van der Waals surface area contributed by atoms with Gasteiger partial charge in [-0.15, -0.1) is 0 Å². The van der Waals surface area contributed by atoms with E-state index in [0.717, 1.165) is 18.4 Å². The highest BCUT2D eigenvalue weighted by atomic mass is 32.2. The number of nitrogens with one attached hydrogen (secondary N) is 1. The van der Waals surface area contributed by atoms with Gasteiger partial charge in [0.05, 0.1) is 26.8 Å². The molecule has 0 bridgehead atoms. The van der Waals surface area contributed by atoms with Gasteiger partial charge in [-0.25, -0.2) is 8.57 Å². The van der Waals surface area contributed by atoms with E-state index in [0.29, 0.717) is 17.7 Å². The summed E-state index contributed by atoms with van der Waals surface area (Å²) in [4.78, 5) is 13.4. The first-order valence-corrected chi connectivity index (χ1v) is 13.7. The monoisotopic (exact) mass is 486 g/mol. The van der Waals surface area contributed by atoms with Gasteiger partial charge in [0.2, 0.25) is 0 Å². The summed E-state index contributed by atoms with van der Waals surface area (Å²) in [5.41, 5.74) is -0.244. The molecule has 32 heavy (non-hydrogen) atoms. The van der Waals surface area contributed by atoms with E-state index in [4.69, 9.17) is 8.92 Å². The number of hydrogen-bond acceptors (Lipinski definition) is 7. The molecule has 1 unspecified atom stereocenters. The highest BCUT2D eigenvalue weighted by Gasteiger charge is 2.38.